The van der Waals surface area contributed by atoms with Crippen LogP contribution in [0.4, 0.5) is 0 Å². The van der Waals surface area contributed by atoms with Crippen LogP contribution in [0.25, 0.3) is 11.5 Å². The van der Waals surface area contributed by atoms with Crippen LogP contribution in [-0.2, 0) is 17.6 Å². The molecule has 3 aromatic rings. The standard InChI is InChI=1S/C19H19ClN4O3/c20-14-6-4-13(5-7-14)19-24-23-18(27-19)9-8-17(26)22-16(12-25)11-15-3-1-2-10-21-15/h1-7,10,16,25H,8-9,11-12H2,(H,22,26). The highest BCUT2D eigenvalue weighted by atomic mass is 35.5. The van der Waals surface area contributed by atoms with Crippen molar-refractivity contribution in [3.63, 3.8) is 0 Å². The highest BCUT2D eigenvalue weighted by Gasteiger charge is 2.15. The lowest BCUT2D eigenvalue weighted by Gasteiger charge is -2.15. The number of aromatic nitrogens is 3. The monoisotopic (exact) mass is 386 g/mol. The number of carbonyl (C=O) groups is 1. The Balaban J connectivity index is 1.50. The van der Waals surface area contributed by atoms with Crippen molar-refractivity contribution in [1.82, 2.24) is 20.5 Å². The third kappa shape index (κ3) is 5.60. The number of rotatable bonds is 8. The Morgan fingerprint density at radius 3 is 2.70 bits per heavy atom. The Labute approximate surface area is 161 Å². The number of pyridine rings is 1. The molecular weight excluding hydrogens is 368 g/mol. The SMILES string of the molecule is O=C(CCc1nnc(-c2ccc(Cl)cc2)o1)NC(CO)Cc1ccccn1. The first-order valence-corrected chi connectivity index (χ1v) is 8.90. The third-order valence-electron chi connectivity index (χ3n) is 3.89. The van der Waals surface area contributed by atoms with E-state index < -0.39 is 0 Å². The summed E-state index contributed by atoms with van der Waals surface area (Å²) in [7, 11) is 0. The number of hydrogen-bond acceptors (Lipinski definition) is 6. The highest BCUT2D eigenvalue weighted by Crippen LogP contribution is 2.20. The van der Waals surface area contributed by atoms with Gasteiger partial charge in [-0.1, -0.05) is 17.7 Å². The zero-order valence-corrected chi connectivity index (χ0v) is 15.3. The van der Waals surface area contributed by atoms with E-state index >= 15 is 0 Å². The molecule has 0 aliphatic rings. The first-order chi connectivity index (χ1) is 13.1. The van der Waals surface area contributed by atoms with E-state index in [1.807, 2.05) is 18.2 Å². The number of aryl methyl sites for hydroxylation is 1. The summed E-state index contributed by atoms with van der Waals surface area (Å²) in [6, 6.07) is 12.2. The van der Waals surface area contributed by atoms with Gasteiger partial charge in [0.2, 0.25) is 17.7 Å². The number of hydrogen-bond donors (Lipinski definition) is 2. The quantitative estimate of drug-likeness (QED) is 0.616. The van der Waals surface area contributed by atoms with Crippen LogP contribution in [0.2, 0.25) is 5.02 Å². The molecule has 0 spiro atoms. The Morgan fingerprint density at radius 2 is 2.00 bits per heavy atom. The summed E-state index contributed by atoms with van der Waals surface area (Å²) >= 11 is 5.86. The Hall–Kier alpha value is -2.77. The Kier molecular flexibility index (Phi) is 6.51. The zero-order valence-electron chi connectivity index (χ0n) is 14.5. The van der Waals surface area contributed by atoms with Crippen LogP contribution in [0, 0.1) is 0 Å². The van der Waals surface area contributed by atoms with Crippen LogP contribution in [0.15, 0.2) is 53.1 Å². The van der Waals surface area contributed by atoms with Gasteiger partial charge in [-0.25, -0.2) is 0 Å². The van der Waals surface area contributed by atoms with Crippen LogP contribution in [0.5, 0.6) is 0 Å². The topological polar surface area (TPSA) is 101 Å². The molecule has 3 rings (SSSR count). The van der Waals surface area contributed by atoms with Gasteiger partial charge in [0.15, 0.2) is 0 Å². The summed E-state index contributed by atoms with van der Waals surface area (Å²) in [4.78, 5) is 16.3. The van der Waals surface area contributed by atoms with E-state index in [0.29, 0.717) is 29.6 Å². The van der Waals surface area contributed by atoms with Crippen LogP contribution in [0.1, 0.15) is 18.0 Å². The van der Waals surface area contributed by atoms with Crippen molar-refractivity contribution in [1.29, 1.82) is 0 Å². The van der Waals surface area contributed by atoms with Gasteiger partial charge in [0.1, 0.15) is 0 Å². The van der Waals surface area contributed by atoms with Gasteiger partial charge in [0.05, 0.1) is 12.6 Å². The minimum absolute atomic E-state index is 0.163. The fourth-order valence-electron chi connectivity index (χ4n) is 2.52. The molecule has 0 aliphatic carbocycles. The van der Waals surface area contributed by atoms with Gasteiger partial charge in [-0.15, -0.1) is 10.2 Å². The number of aliphatic hydroxyl groups is 1. The van der Waals surface area contributed by atoms with Crippen LogP contribution < -0.4 is 5.32 Å². The molecule has 0 saturated carbocycles. The molecule has 1 amide bonds. The normalized spacial score (nSPS) is 11.9. The average molecular weight is 387 g/mol. The minimum Gasteiger partial charge on any atom is -0.421 e. The molecule has 27 heavy (non-hydrogen) atoms. The Morgan fingerprint density at radius 1 is 1.19 bits per heavy atom. The molecule has 0 fully saturated rings. The number of aliphatic hydroxyl groups excluding tert-OH is 1. The van der Waals surface area contributed by atoms with E-state index in [4.69, 9.17) is 16.0 Å². The maximum atomic E-state index is 12.1. The van der Waals surface area contributed by atoms with E-state index in [1.54, 1.807) is 30.5 Å². The van der Waals surface area contributed by atoms with Crippen LogP contribution >= 0.6 is 11.6 Å². The summed E-state index contributed by atoms with van der Waals surface area (Å²) in [6.45, 7) is -0.163. The largest absolute Gasteiger partial charge is 0.421 e. The van der Waals surface area contributed by atoms with E-state index in [0.717, 1.165) is 11.3 Å². The summed E-state index contributed by atoms with van der Waals surface area (Å²) in [5.41, 5.74) is 1.57. The molecule has 140 valence electrons. The van der Waals surface area contributed by atoms with Gasteiger partial charge in [0, 0.05) is 41.7 Å². The molecule has 1 atom stereocenters. The predicted octanol–water partition coefficient (Wildman–Crippen LogP) is 2.44. The minimum atomic E-state index is -0.389. The van der Waals surface area contributed by atoms with Gasteiger partial charge in [-0.05, 0) is 36.4 Å². The molecule has 2 N–H and O–H groups in total. The van der Waals surface area contributed by atoms with Gasteiger partial charge in [-0.2, -0.15) is 0 Å². The van der Waals surface area contributed by atoms with Crippen LogP contribution in [0.3, 0.4) is 0 Å². The Bertz CT molecular complexity index is 868. The lowest BCUT2D eigenvalue weighted by Crippen LogP contribution is -2.39. The molecule has 2 aromatic heterocycles. The fourth-order valence-corrected chi connectivity index (χ4v) is 2.64. The number of nitrogens with zero attached hydrogens (tertiary/aromatic N) is 3. The molecule has 0 saturated heterocycles. The van der Waals surface area contributed by atoms with E-state index in [1.165, 1.54) is 0 Å². The smallest absolute Gasteiger partial charge is 0.247 e. The summed E-state index contributed by atoms with van der Waals surface area (Å²) < 4.78 is 5.58. The molecule has 0 radical (unpaired) electrons. The summed E-state index contributed by atoms with van der Waals surface area (Å²) in [5.74, 6) is 0.557. The first kappa shape index (κ1) is 19.0. The molecule has 8 heteroatoms. The van der Waals surface area contributed by atoms with Crippen molar-refractivity contribution in [2.45, 2.75) is 25.3 Å². The lowest BCUT2D eigenvalue weighted by molar-refractivity contribution is -0.122. The molecule has 0 aliphatic heterocycles. The van der Waals surface area contributed by atoms with Gasteiger partial charge in [0.25, 0.3) is 0 Å². The molecule has 7 nitrogen and oxygen atoms in total. The highest BCUT2D eigenvalue weighted by molar-refractivity contribution is 6.30. The van der Waals surface area contributed by atoms with E-state index in [2.05, 4.69) is 20.5 Å². The average Bonchev–Trinajstić information content (AvgIpc) is 3.16. The van der Waals surface area contributed by atoms with E-state index in [9.17, 15) is 9.90 Å². The van der Waals surface area contributed by atoms with Crippen molar-refractivity contribution in [2.24, 2.45) is 0 Å². The lowest BCUT2D eigenvalue weighted by atomic mass is 10.1. The van der Waals surface area contributed by atoms with Crippen molar-refractivity contribution in [2.75, 3.05) is 6.61 Å². The molecule has 1 aromatic carbocycles. The van der Waals surface area contributed by atoms with Gasteiger partial charge < -0.3 is 14.8 Å². The second-order valence-electron chi connectivity index (χ2n) is 5.98. The van der Waals surface area contributed by atoms with Gasteiger partial charge >= 0.3 is 0 Å². The van der Waals surface area contributed by atoms with Gasteiger partial charge in [-0.3, -0.25) is 9.78 Å². The molecular formula is C19H19ClN4O3. The summed E-state index contributed by atoms with van der Waals surface area (Å²) in [6.07, 6.45) is 2.64. The number of nitrogens with one attached hydrogen (secondary N) is 1. The van der Waals surface area contributed by atoms with Crippen LogP contribution in [-0.4, -0.2) is 38.8 Å². The van der Waals surface area contributed by atoms with Crippen molar-refractivity contribution in [3.8, 4) is 11.5 Å². The molecule has 0 bridgehead atoms. The van der Waals surface area contributed by atoms with Crippen molar-refractivity contribution in [3.05, 3.63) is 65.3 Å². The second-order valence-corrected chi connectivity index (χ2v) is 6.42. The summed E-state index contributed by atoms with van der Waals surface area (Å²) in [5, 5.41) is 20.9. The molecule has 1 unspecified atom stereocenters. The zero-order chi connectivity index (χ0) is 19.1. The predicted molar refractivity (Wildman–Crippen MR) is 100 cm³/mol. The first-order valence-electron chi connectivity index (χ1n) is 8.52. The molecule has 2 heterocycles. The third-order valence-corrected chi connectivity index (χ3v) is 4.14. The maximum Gasteiger partial charge on any atom is 0.247 e. The fraction of sp³-hybridized carbons (Fsp3) is 0.263. The van der Waals surface area contributed by atoms with Crippen molar-refractivity contribution >= 4 is 17.5 Å². The number of benzene rings is 1. The number of halogens is 1. The second kappa shape index (κ2) is 9.25. The number of carbonyl (C=O) groups excluding carboxylic acids is 1. The van der Waals surface area contributed by atoms with E-state index in [-0.39, 0.29) is 25.0 Å². The van der Waals surface area contributed by atoms with Crippen molar-refractivity contribution < 1.29 is 14.3 Å². The number of amides is 1. The maximum absolute atomic E-state index is 12.1.